The molecule has 2 aliphatic carbocycles. The van der Waals surface area contributed by atoms with Crippen molar-refractivity contribution in [2.75, 3.05) is 13.2 Å². The van der Waals surface area contributed by atoms with Crippen LogP contribution in [0.1, 0.15) is 77.1 Å². The van der Waals surface area contributed by atoms with E-state index in [1.54, 1.807) is 0 Å². The molecule has 2 aliphatic rings. The number of aliphatic imine (C=N–C) groups is 1. The summed E-state index contributed by atoms with van der Waals surface area (Å²) >= 11 is 0. The predicted molar refractivity (Wildman–Crippen MR) is 109 cm³/mol. The van der Waals surface area contributed by atoms with Gasteiger partial charge in [0.1, 0.15) is 12.6 Å². The average molecular weight is 407 g/mol. The first-order chi connectivity index (χ1) is 14.1. The number of ether oxygens (including phenoxy) is 1. The molecule has 0 radical (unpaired) electrons. The molecule has 9 heteroatoms. The van der Waals surface area contributed by atoms with E-state index in [0.29, 0.717) is 36.9 Å². The molecule has 3 N–H and O–H groups in total. The van der Waals surface area contributed by atoms with Crippen molar-refractivity contribution >= 4 is 11.9 Å². The van der Waals surface area contributed by atoms with Gasteiger partial charge in [0, 0.05) is 31.2 Å². The Morgan fingerprint density at radius 2 is 2.07 bits per heavy atom. The molecule has 3 unspecified atom stereocenters. The Kier molecular flexibility index (Phi) is 7.85. The third-order valence-electron chi connectivity index (χ3n) is 5.29. The van der Waals surface area contributed by atoms with Crippen molar-refractivity contribution in [1.82, 2.24) is 26.1 Å². The van der Waals surface area contributed by atoms with Crippen LogP contribution in [-0.2, 0) is 16.1 Å². The molecule has 1 aromatic heterocycles. The van der Waals surface area contributed by atoms with Gasteiger partial charge in [-0.05, 0) is 52.9 Å². The highest BCUT2D eigenvalue weighted by molar-refractivity contribution is 5.81. The summed E-state index contributed by atoms with van der Waals surface area (Å²) in [7, 11) is 0. The van der Waals surface area contributed by atoms with E-state index < -0.39 is 0 Å². The highest BCUT2D eigenvalue weighted by atomic mass is 16.5. The third-order valence-corrected chi connectivity index (χ3v) is 5.29. The minimum atomic E-state index is -0.200. The van der Waals surface area contributed by atoms with Crippen molar-refractivity contribution in [1.29, 1.82) is 0 Å². The Morgan fingerprint density at radius 3 is 2.79 bits per heavy atom. The summed E-state index contributed by atoms with van der Waals surface area (Å²) in [5, 5.41) is 13.8. The van der Waals surface area contributed by atoms with Gasteiger partial charge in [0.2, 0.25) is 11.8 Å². The number of amides is 1. The van der Waals surface area contributed by atoms with Crippen LogP contribution in [0.3, 0.4) is 0 Å². The van der Waals surface area contributed by atoms with Gasteiger partial charge in [-0.2, -0.15) is 4.98 Å². The van der Waals surface area contributed by atoms with Crippen LogP contribution in [0, 0.1) is 5.92 Å². The Morgan fingerprint density at radius 1 is 1.24 bits per heavy atom. The highest BCUT2D eigenvalue weighted by Crippen LogP contribution is 2.26. The second kappa shape index (κ2) is 10.6. The van der Waals surface area contributed by atoms with E-state index in [1.807, 2.05) is 20.8 Å². The third kappa shape index (κ3) is 6.69. The Hall–Kier alpha value is -2.16. The number of nitrogens with one attached hydrogen (secondary N) is 3. The SMILES string of the molecule is CCNC(=NCc1nc(C(C)OCC)no1)NC1CCCC(C(=O)NC2CC2)C1. The molecule has 3 atom stereocenters. The second-order valence-corrected chi connectivity index (χ2v) is 7.83. The van der Waals surface area contributed by atoms with Crippen LogP contribution in [0.2, 0.25) is 0 Å². The number of carbonyl (C=O) groups excluding carboxylic acids is 1. The molecule has 2 saturated carbocycles. The van der Waals surface area contributed by atoms with Crippen LogP contribution in [0.25, 0.3) is 0 Å². The standard InChI is InChI=1S/C20H34N6O3/c1-4-21-20(22-12-17-25-18(26-29-17)13(3)28-5-2)24-16-8-6-7-14(11-16)19(27)23-15-9-10-15/h13-16H,4-12H2,1-3H3,(H,23,27)(H2,21,22,24). The maximum absolute atomic E-state index is 12.4. The lowest BCUT2D eigenvalue weighted by Crippen LogP contribution is -2.47. The van der Waals surface area contributed by atoms with Crippen LogP contribution in [0.15, 0.2) is 9.52 Å². The van der Waals surface area contributed by atoms with E-state index >= 15 is 0 Å². The second-order valence-electron chi connectivity index (χ2n) is 7.83. The van der Waals surface area contributed by atoms with E-state index in [-0.39, 0.29) is 24.0 Å². The fraction of sp³-hybridized carbons (Fsp3) is 0.800. The molecule has 0 spiro atoms. The summed E-state index contributed by atoms with van der Waals surface area (Å²) in [5.41, 5.74) is 0. The van der Waals surface area contributed by atoms with Crippen LogP contribution in [0.5, 0.6) is 0 Å². The predicted octanol–water partition coefficient (Wildman–Crippen LogP) is 2.06. The van der Waals surface area contributed by atoms with Crippen molar-refractivity contribution in [2.24, 2.45) is 10.9 Å². The number of hydrogen-bond acceptors (Lipinski definition) is 6. The first kappa shape index (κ1) is 21.5. The lowest BCUT2D eigenvalue weighted by molar-refractivity contribution is -0.126. The molecule has 1 amide bonds. The number of rotatable bonds is 9. The molecular formula is C20H34N6O3. The zero-order chi connectivity index (χ0) is 20.6. The largest absolute Gasteiger partial charge is 0.371 e. The first-order valence-electron chi connectivity index (χ1n) is 10.9. The number of hydrogen-bond donors (Lipinski definition) is 3. The molecule has 1 aromatic rings. The highest BCUT2D eigenvalue weighted by Gasteiger charge is 2.31. The molecular weight excluding hydrogens is 372 g/mol. The van der Waals surface area contributed by atoms with Gasteiger partial charge in [-0.25, -0.2) is 4.99 Å². The van der Waals surface area contributed by atoms with Gasteiger partial charge in [0.05, 0.1) is 0 Å². The maximum Gasteiger partial charge on any atom is 0.248 e. The molecule has 0 saturated heterocycles. The molecule has 29 heavy (non-hydrogen) atoms. The lowest BCUT2D eigenvalue weighted by Gasteiger charge is -2.30. The number of guanidine groups is 1. The Balaban J connectivity index is 1.53. The number of carbonyl (C=O) groups is 1. The van der Waals surface area contributed by atoms with Crippen molar-refractivity contribution in [3.05, 3.63) is 11.7 Å². The topological polar surface area (TPSA) is 114 Å². The van der Waals surface area contributed by atoms with Crippen molar-refractivity contribution < 1.29 is 14.1 Å². The van der Waals surface area contributed by atoms with Gasteiger partial charge in [-0.1, -0.05) is 11.6 Å². The minimum Gasteiger partial charge on any atom is -0.371 e. The molecule has 3 rings (SSSR count). The Bertz CT molecular complexity index is 688. The fourth-order valence-corrected chi connectivity index (χ4v) is 3.59. The smallest absolute Gasteiger partial charge is 0.248 e. The number of aromatic nitrogens is 2. The van der Waals surface area contributed by atoms with E-state index in [1.165, 1.54) is 0 Å². The molecule has 0 aromatic carbocycles. The van der Waals surface area contributed by atoms with Crippen molar-refractivity contribution in [3.8, 4) is 0 Å². The van der Waals surface area contributed by atoms with E-state index in [0.717, 1.165) is 45.1 Å². The van der Waals surface area contributed by atoms with Crippen LogP contribution < -0.4 is 16.0 Å². The van der Waals surface area contributed by atoms with Crippen LogP contribution in [0.4, 0.5) is 0 Å². The molecule has 9 nitrogen and oxygen atoms in total. The molecule has 1 heterocycles. The molecule has 0 bridgehead atoms. The van der Waals surface area contributed by atoms with Gasteiger partial charge in [-0.15, -0.1) is 0 Å². The van der Waals surface area contributed by atoms with E-state index in [4.69, 9.17) is 9.26 Å². The zero-order valence-electron chi connectivity index (χ0n) is 17.7. The quantitative estimate of drug-likeness (QED) is 0.425. The molecule has 2 fully saturated rings. The lowest BCUT2D eigenvalue weighted by atomic mass is 9.85. The van der Waals surface area contributed by atoms with Gasteiger partial charge >= 0.3 is 0 Å². The first-order valence-corrected chi connectivity index (χ1v) is 10.9. The van der Waals surface area contributed by atoms with Gasteiger partial charge in [-0.3, -0.25) is 4.79 Å². The van der Waals surface area contributed by atoms with E-state index in [9.17, 15) is 4.79 Å². The van der Waals surface area contributed by atoms with Crippen molar-refractivity contribution in [2.45, 2.75) is 84.0 Å². The minimum absolute atomic E-state index is 0.0864. The van der Waals surface area contributed by atoms with E-state index in [2.05, 4.69) is 31.1 Å². The van der Waals surface area contributed by atoms with Crippen LogP contribution in [-0.4, -0.2) is 47.2 Å². The summed E-state index contributed by atoms with van der Waals surface area (Å²) in [4.78, 5) is 21.3. The van der Waals surface area contributed by atoms with Gasteiger partial charge in [0.15, 0.2) is 11.8 Å². The summed E-state index contributed by atoms with van der Waals surface area (Å²) < 4.78 is 10.8. The molecule has 162 valence electrons. The average Bonchev–Trinajstić information content (AvgIpc) is 3.39. The molecule has 0 aliphatic heterocycles. The summed E-state index contributed by atoms with van der Waals surface area (Å²) in [6.45, 7) is 7.49. The fourth-order valence-electron chi connectivity index (χ4n) is 3.59. The summed E-state index contributed by atoms with van der Waals surface area (Å²) in [5.74, 6) is 1.99. The monoisotopic (exact) mass is 406 g/mol. The normalized spacial score (nSPS) is 23.5. The number of nitrogens with zero attached hydrogens (tertiary/aromatic N) is 3. The zero-order valence-corrected chi connectivity index (χ0v) is 17.7. The van der Waals surface area contributed by atoms with Gasteiger partial charge in [0.25, 0.3) is 0 Å². The van der Waals surface area contributed by atoms with Gasteiger partial charge < -0.3 is 25.2 Å². The van der Waals surface area contributed by atoms with Crippen LogP contribution >= 0.6 is 0 Å². The maximum atomic E-state index is 12.4. The Labute approximate surface area is 172 Å². The summed E-state index contributed by atoms with van der Waals surface area (Å²) in [6.07, 6.45) is 5.92. The summed E-state index contributed by atoms with van der Waals surface area (Å²) in [6, 6.07) is 0.646. The van der Waals surface area contributed by atoms with Crippen molar-refractivity contribution in [3.63, 3.8) is 0 Å².